The number of hydrogen-bond donors (Lipinski definition) is 0. The zero-order valence-electron chi connectivity index (χ0n) is 7.83. The van der Waals surface area contributed by atoms with E-state index in [1.54, 1.807) is 12.1 Å². The van der Waals surface area contributed by atoms with Crippen molar-refractivity contribution in [2.45, 2.75) is 19.4 Å². The fourth-order valence-electron chi connectivity index (χ4n) is 1.92. The van der Waals surface area contributed by atoms with E-state index in [1.807, 2.05) is 12.1 Å². The van der Waals surface area contributed by atoms with Crippen LogP contribution in [0.2, 0.25) is 0 Å². The van der Waals surface area contributed by atoms with Crippen LogP contribution in [0.25, 0.3) is 0 Å². The summed E-state index contributed by atoms with van der Waals surface area (Å²) in [6.07, 6.45) is 1.09. The predicted molar refractivity (Wildman–Crippen MR) is 51.0 cm³/mol. The molecule has 1 saturated heterocycles. The van der Waals surface area contributed by atoms with E-state index in [9.17, 15) is 4.39 Å². The molecule has 1 aliphatic heterocycles. The monoisotopic (exact) mass is 179 g/mol. The molecule has 0 N–H and O–H groups in total. The number of halogens is 1. The molecule has 0 spiro atoms. The normalized spacial score (nSPS) is 22.8. The molecular weight excluding hydrogens is 165 g/mol. The topological polar surface area (TPSA) is 3.24 Å². The first-order valence-corrected chi connectivity index (χ1v) is 4.81. The van der Waals surface area contributed by atoms with Gasteiger partial charge in [-0.1, -0.05) is 25.1 Å². The van der Waals surface area contributed by atoms with Crippen molar-refractivity contribution >= 4 is 0 Å². The number of likely N-dealkylation sites (tertiary alicyclic amines) is 1. The first-order valence-electron chi connectivity index (χ1n) is 4.81. The summed E-state index contributed by atoms with van der Waals surface area (Å²) in [7, 11) is 0. The molecule has 1 aromatic carbocycles. The minimum atomic E-state index is -0.0642. The molecule has 0 bridgehead atoms. The van der Waals surface area contributed by atoms with Crippen LogP contribution in [0.15, 0.2) is 24.3 Å². The number of nitrogens with zero attached hydrogens (tertiary/aromatic N) is 1. The Labute approximate surface area is 78.2 Å². The Balaban J connectivity index is 2.21. The van der Waals surface area contributed by atoms with Crippen molar-refractivity contribution in [3.8, 4) is 0 Å². The molecule has 1 aliphatic rings. The Morgan fingerprint density at radius 3 is 2.77 bits per heavy atom. The Hall–Kier alpha value is -0.890. The third-order valence-electron chi connectivity index (χ3n) is 2.80. The summed E-state index contributed by atoms with van der Waals surface area (Å²) in [6.45, 7) is 4.24. The lowest BCUT2D eigenvalue weighted by Crippen LogP contribution is -2.40. The maximum absolute atomic E-state index is 13.3. The second-order valence-corrected chi connectivity index (χ2v) is 3.45. The van der Waals surface area contributed by atoms with Gasteiger partial charge in [-0.15, -0.1) is 0 Å². The summed E-state index contributed by atoms with van der Waals surface area (Å²) in [6, 6.07) is 7.41. The molecule has 1 nitrogen and oxygen atoms in total. The third kappa shape index (κ3) is 1.46. The Morgan fingerprint density at radius 2 is 2.23 bits per heavy atom. The van der Waals surface area contributed by atoms with Crippen molar-refractivity contribution in [3.05, 3.63) is 35.6 Å². The second kappa shape index (κ2) is 3.46. The lowest BCUT2D eigenvalue weighted by atomic mass is 9.94. The van der Waals surface area contributed by atoms with Crippen LogP contribution in [0.4, 0.5) is 4.39 Å². The molecule has 70 valence electrons. The highest BCUT2D eigenvalue weighted by atomic mass is 19.1. The van der Waals surface area contributed by atoms with Gasteiger partial charge in [0.2, 0.25) is 0 Å². The summed E-state index contributed by atoms with van der Waals surface area (Å²) >= 11 is 0. The maximum atomic E-state index is 13.3. The average Bonchev–Trinajstić information content (AvgIpc) is 2.08. The van der Waals surface area contributed by atoms with Crippen LogP contribution in [0.1, 0.15) is 24.9 Å². The first kappa shape index (κ1) is 8.70. The zero-order valence-corrected chi connectivity index (χ0v) is 7.83. The van der Waals surface area contributed by atoms with E-state index in [1.165, 1.54) is 0 Å². The van der Waals surface area contributed by atoms with E-state index in [-0.39, 0.29) is 5.82 Å². The van der Waals surface area contributed by atoms with Gasteiger partial charge in [-0.25, -0.2) is 4.39 Å². The van der Waals surface area contributed by atoms with Crippen molar-refractivity contribution in [1.29, 1.82) is 0 Å². The largest absolute Gasteiger partial charge is 0.296 e. The molecule has 0 radical (unpaired) electrons. The van der Waals surface area contributed by atoms with Crippen LogP contribution < -0.4 is 0 Å². The summed E-state index contributed by atoms with van der Waals surface area (Å²) in [5.74, 6) is -0.0642. The lowest BCUT2D eigenvalue weighted by molar-refractivity contribution is 0.0954. The molecule has 13 heavy (non-hydrogen) atoms. The van der Waals surface area contributed by atoms with Crippen molar-refractivity contribution in [2.75, 3.05) is 13.1 Å². The number of rotatable bonds is 2. The van der Waals surface area contributed by atoms with Gasteiger partial charge in [0, 0.05) is 18.2 Å². The second-order valence-electron chi connectivity index (χ2n) is 3.45. The Bertz CT molecular complexity index is 296. The number of benzene rings is 1. The van der Waals surface area contributed by atoms with Gasteiger partial charge >= 0.3 is 0 Å². The molecule has 0 amide bonds. The predicted octanol–water partition coefficient (Wildman–Crippen LogP) is 2.59. The smallest absolute Gasteiger partial charge is 0.127 e. The van der Waals surface area contributed by atoms with Crippen molar-refractivity contribution < 1.29 is 4.39 Å². The van der Waals surface area contributed by atoms with Crippen LogP contribution in [-0.2, 0) is 0 Å². The number of hydrogen-bond acceptors (Lipinski definition) is 1. The highest BCUT2D eigenvalue weighted by molar-refractivity contribution is 5.23. The summed E-state index contributed by atoms with van der Waals surface area (Å²) in [5, 5.41) is 0. The molecular formula is C11H14FN. The lowest BCUT2D eigenvalue weighted by Gasteiger charge is -2.40. The van der Waals surface area contributed by atoms with Gasteiger partial charge in [0.25, 0.3) is 0 Å². The fraction of sp³-hybridized carbons (Fsp3) is 0.455. The van der Waals surface area contributed by atoms with E-state index >= 15 is 0 Å². The molecule has 2 heteroatoms. The van der Waals surface area contributed by atoms with Gasteiger partial charge in [-0.05, 0) is 19.0 Å². The van der Waals surface area contributed by atoms with Gasteiger partial charge in [-0.3, -0.25) is 4.90 Å². The van der Waals surface area contributed by atoms with Crippen molar-refractivity contribution in [2.24, 2.45) is 0 Å². The highest BCUT2D eigenvalue weighted by Crippen LogP contribution is 2.33. The van der Waals surface area contributed by atoms with Crippen molar-refractivity contribution in [3.63, 3.8) is 0 Å². The van der Waals surface area contributed by atoms with Crippen LogP contribution in [0.5, 0.6) is 0 Å². The fourth-order valence-corrected chi connectivity index (χ4v) is 1.92. The van der Waals surface area contributed by atoms with E-state index in [4.69, 9.17) is 0 Å². The van der Waals surface area contributed by atoms with Crippen LogP contribution in [0.3, 0.4) is 0 Å². The van der Waals surface area contributed by atoms with Crippen LogP contribution in [-0.4, -0.2) is 18.0 Å². The van der Waals surface area contributed by atoms with Crippen LogP contribution in [0, 0.1) is 5.82 Å². The zero-order chi connectivity index (χ0) is 9.26. The van der Waals surface area contributed by atoms with Crippen molar-refractivity contribution in [1.82, 2.24) is 4.90 Å². The van der Waals surface area contributed by atoms with Gasteiger partial charge in [0.05, 0.1) is 0 Å². The summed E-state index contributed by atoms with van der Waals surface area (Å²) in [4.78, 5) is 2.29. The molecule has 1 unspecified atom stereocenters. The Kier molecular flexibility index (Phi) is 2.32. The Morgan fingerprint density at radius 1 is 1.46 bits per heavy atom. The van der Waals surface area contributed by atoms with Crippen LogP contribution >= 0.6 is 0 Å². The molecule has 0 saturated carbocycles. The third-order valence-corrected chi connectivity index (χ3v) is 2.80. The van der Waals surface area contributed by atoms with Gasteiger partial charge in [0.1, 0.15) is 5.82 Å². The van der Waals surface area contributed by atoms with E-state index < -0.39 is 0 Å². The molecule has 2 rings (SSSR count). The molecule has 0 aliphatic carbocycles. The SMILES string of the molecule is CCN1CCC1c1ccccc1F. The molecule has 0 aromatic heterocycles. The summed E-state index contributed by atoms with van der Waals surface area (Å²) < 4.78 is 13.3. The molecule has 1 atom stereocenters. The van der Waals surface area contributed by atoms with Gasteiger partial charge < -0.3 is 0 Å². The average molecular weight is 179 g/mol. The quantitative estimate of drug-likeness (QED) is 0.674. The standard InChI is InChI=1S/C11H14FN/c1-2-13-8-7-11(13)9-5-3-4-6-10(9)12/h3-6,11H,2,7-8H2,1H3. The highest BCUT2D eigenvalue weighted by Gasteiger charge is 2.29. The van der Waals surface area contributed by atoms with E-state index in [0.29, 0.717) is 6.04 Å². The van der Waals surface area contributed by atoms with E-state index in [2.05, 4.69) is 11.8 Å². The molecule has 1 heterocycles. The molecule has 1 fully saturated rings. The summed E-state index contributed by atoms with van der Waals surface area (Å²) in [5.41, 5.74) is 0.857. The molecule has 1 aromatic rings. The van der Waals surface area contributed by atoms with E-state index in [0.717, 1.165) is 25.1 Å². The minimum absolute atomic E-state index is 0.0642. The first-order chi connectivity index (χ1) is 6.33. The van der Waals surface area contributed by atoms with Gasteiger partial charge in [0.15, 0.2) is 0 Å². The minimum Gasteiger partial charge on any atom is -0.296 e. The van der Waals surface area contributed by atoms with Gasteiger partial charge in [-0.2, -0.15) is 0 Å². The maximum Gasteiger partial charge on any atom is 0.127 e.